The molecular weight excluding hydrogens is 262 g/mol. The molecule has 0 amide bonds. The van der Waals surface area contributed by atoms with Crippen LogP contribution in [-0.2, 0) is 14.8 Å². The summed E-state index contributed by atoms with van der Waals surface area (Å²) in [7, 11) is -3.54. The average Bonchev–Trinajstić information content (AvgIpc) is 2.56. The highest BCUT2D eigenvalue weighted by Gasteiger charge is 2.46. The van der Waals surface area contributed by atoms with E-state index >= 15 is 0 Å². The second-order valence-corrected chi connectivity index (χ2v) is 7.58. The summed E-state index contributed by atoms with van der Waals surface area (Å²) in [6, 6.07) is 5.49. The van der Waals surface area contributed by atoms with Gasteiger partial charge in [-0.1, -0.05) is 12.1 Å². The third kappa shape index (κ3) is 2.42. The SMILES string of the molecule is Cc1ccc(C)c(S(=O)(=O)N2C(C)OCC2(C)C)c1. The molecule has 5 heteroatoms. The zero-order chi connectivity index (χ0) is 14.4. The standard InChI is InChI=1S/C14H21NO3S/c1-10-6-7-11(2)13(8-10)19(16,17)15-12(3)18-9-14(15,4)5/h6-8,12H,9H2,1-5H3. The number of nitrogens with zero attached hydrogens (tertiary/aromatic N) is 1. The second-order valence-electron chi connectivity index (χ2n) is 5.79. The quantitative estimate of drug-likeness (QED) is 0.837. The monoisotopic (exact) mass is 283 g/mol. The molecular formula is C14H21NO3S. The summed E-state index contributed by atoms with van der Waals surface area (Å²) in [4.78, 5) is 0.373. The van der Waals surface area contributed by atoms with E-state index in [1.807, 2.05) is 39.8 Å². The van der Waals surface area contributed by atoms with Crippen LogP contribution < -0.4 is 0 Å². The molecule has 0 saturated carbocycles. The van der Waals surface area contributed by atoms with Gasteiger partial charge in [0, 0.05) is 0 Å². The number of benzene rings is 1. The molecule has 2 rings (SSSR count). The molecule has 0 aromatic heterocycles. The molecule has 106 valence electrons. The number of ether oxygens (including phenoxy) is 1. The summed E-state index contributed by atoms with van der Waals surface area (Å²) in [5.74, 6) is 0. The second kappa shape index (κ2) is 4.58. The van der Waals surface area contributed by atoms with Crippen LogP contribution in [0.15, 0.2) is 23.1 Å². The molecule has 1 fully saturated rings. The molecule has 1 aliphatic heterocycles. The van der Waals surface area contributed by atoms with Crippen molar-refractivity contribution >= 4 is 10.0 Å². The van der Waals surface area contributed by atoms with Crippen LogP contribution in [0.25, 0.3) is 0 Å². The first-order valence-corrected chi connectivity index (χ1v) is 7.84. The Kier molecular flexibility index (Phi) is 3.49. The average molecular weight is 283 g/mol. The molecule has 0 N–H and O–H groups in total. The van der Waals surface area contributed by atoms with Crippen molar-refractivity contribution in [3.05, 3.63) is 29.3 Å². The van der Waals surface area contributed by atoms with Crippen molar-refractivity contribution in [2.24, 2.45) is 0 Å². The largest absolute Gasteiger partial charge is 0.360 e. The minimum Gasteiger partial charge on any atom is -0.360 e. The van der Waals surface area contributed by atoms with E-state index < -0.39 is 21.8 Å². The topological polar surface area (TPSA) is 46.6 Å². The molecule has 1 unspecified atom stereocenters. The lowest BCUT2D eigenvalue weighted by molar-refractivity contribution is 0.0843. The molecule has 1 heterocycles. The Morgan fingerprint density at radius 3 is 2.47 bits per heavy atom. The Hall–Kier alpha value is -0.910. The highest BCUT2D eigenvalue weighted by atomic mass is 32.2. The van der Waals surface area contributed by atoms with Gasteiger partial charge in [-0.05, 0) is 51.8 Å². The fourth-order valence-electron chi connectivity index (χ4n) is 2.56. The Morgan fingerprint density at radius 2 is 1.95 bits per heavy atom. The van der Waals surface area contributed by atoms with Crippen LogP contribution in [0.3, 0.4) is 0 Å². The Balaban J connectivity index is 2.57. The van der Waals surface area contributed by atoms with Crippen LogP contribution in [0.5, 0.6) is 0 Å². The number of hydrogen-bond acceptors (Lipinski definition) is 3. The summed E-state index contributed by atoms with van der Waals surface area (Å²) in [6.07, 6.45) is -0.431. The molecule has 19 heavy (non-hydrogen) atoms. The molecule has 0 aliphatic carbocycles. The van der Waals surface area contributed by atoms with Crippen LogP contribution >= 0.6 is 0 Å². The van der Waals surface area contributed by atoms with Crippen LogP contribution in [0, 0.1) is 13.8 Å². The van der Waals surface area contributed by atoms with E-state index in [4.69, 9.17) is 4.74 Å². The minimum absolute atomic E-state index is 0.373. The van der Waals surface area contributed by atoms with E-state index in [1.165, 1.54) is 4.31 Å². The van der Waals surface area contributed by atoms with Gasteiger partial charge in [0.1, 0.15) is 6.23 Å². The van der Waals surface area contributed by atoms with Gasteiger partial charge in [-0.15, -0.1) is 0 Å². The van der Waals surface area contributed by atoms with Crippen molar-refractivity contribution in [1.29, 1.82) is 0 Å². The van der Waals surface area contributed by atoms with E-state index in [9.17, 15) is 8.42 Å². The van der Waals surface area contributed by atoms with E-state index in [0.29, 0.717) is 11.5 Å². The Morgan fingerprint density at radius 1 is 1.32 bits per heavy atom. The lowest BCUT2D eigenvalue weighted by Gasteiger charge is -2.31. The van der Waals surface area contributed by atoms with Crippen molar-refractivity contribution < 1.29 is 13.2 Å². The smallest absolute Gasteiger partial charge is 0.246 e. The zero-order valence-electron chi connectivity index (χ0n) is 12.1. The molecule has 1 aromatic carbocycles. The predicted molar refractivity (Wildman–Crippen MR) is 74.4 cm³/mol. The van der Waals surface area contributed by atoms with Gasteiger partial charge in [0.25, 0.3) is 0 Å². The van der Waals surface area contributed by atoms with Crippen molar-refractivity contribution in [2.45, 2.75) is 51.3 Å². The first-order valence-electron chi connectivity index (χ1n) is 6.40. The third-order valence-corrected chi connectivity index (χ3v) is 5.79. The molecule has 1 aromatic rings. The van der Waals surface area contributed by atoms with Gasteiger partial charge in [-0.2, -0.15) is 4.31 Å². The summed E-state index contributed by atoms with van der Waals surface area (Å²) in [5, 5.41) is 0. The van der Waals surface area contributed by atoms with Gasteiger partial charge in [-0.3, -0.25) is 0 Å². The molecule has 1 aliphatic rings. The maximum Gasteiger partial charge on any atom is 0.246 e. The fourth-order valence-corrected chi connectivity index (χ4v) is 4.74. The van der Waals surface area contributed by atoms with E-state index in [0.717, 1.165) is 11.1 Å². The van der Waals surface area contributed by atoms with Gasteiger partial charge in [0.05, 0.1) is 17.0 Å². The van der Waals surface area contributed by atoms with Gasteiger partial charge in [0.2, 0.25) is 10.0 Å². The molecule has 0 spiro atoms. The van der Waals surface area contributed by atoms with Gasteiger partial charge < -0.3 is 4.74 Å². The van der Waals surface area contributed by atoms with Gasteiger partial charge in [-0.25, -0.2) is 8.42 Å². The number of sulfonamides is 1. The molecule has 0 bridgehead atoms. The Bertz CT molecular complexity index is 593. The lowest BCUT2D eigenvalue weighted by Crippen LogP contribution is -2.47. The molecule has 1 saturated heterocycles. The minimum atomic E-state index is -3.54. The van der Waals surface area contributed by atoms with Crippen LogP contribution in [0.2, 0.25) is 0 Å². The van der Waals surface area contributed by atoms with Crippen LogP contribution in [-0.4, -0.2) is 31.1 Å². The number of aryl methyl sites for hydroxylation is 2. The van der Waals surface area contributed by atoms with Crippen molar-refractivity contribution in [1.82, 2.24) is 4.31 Å². The molecule has 0 radical (unpaired) electrons. The lowest BCUT2D eigenvalue weighted by atomic mass is 10.1. The maximum absolute atomic E-state index is 12.9. The number of rotatable bonds is 2. The van der Waals surface area contributed by atoms with Crippen molar-refractivity contribution in [3.63, 3.8) is 0 Å². The first kappa shape index (κ1) is 14.5. The summed E-state index contributed by atoms with van der Waals surface area (Å²) >= 11 is 0. The zero-order valence-corrected chi connectivity index (χ0v) is 12.9. The van der Waals surface area contributed by atoms with E-state index in [1.54, 1.807) is 13.0 Å². The maximum atomic E-state index is 12.9. The molecule has 4 nitrogen and oxygen atoms in total. The highest BCUT2D eigenvalue weighted by molar-refractivity contribution is 7.89. The normalized spacial score (nSPS) is 23.7. The summed E-state index contributed by atoms with van der Waals surface area (Å²) in [5.41, 5.74) is 1.18. The summed E-state index contributed by atoms with van der Waals surface area (Å²) in [6.45, 7) is 9.68. The van der Waals surface area contributed by atoms with Crippen molar-refractivity contribution in [3.8, 4) is 0 Å². The van der Waals surface area contributed by atoms with Gasteiger partial charge >= 0.3 is 0 Å². The predicted octanol–water partition coefficient (Wildman–Crippen LogP) is 2.45. The highest BCUT2D eigenvalue weighted by Crippen LogP contribution is 2.34. The summed E-state index contributed by atoms with van der Waals surface area (Å²) < 4.78 is 32.7. The third-order valence-electron chi connectivity index (χ3n) is 3.49. The fraction of sp³-hybridized carbons (Fsp3) is 0.571. The van der Waals surface area contributed by atoms with Crippen LogP contribution in [0.1, 0.15) is 31.9 Å². The van der Waals surface area contributed by atoms with E-state index in [-0.39, 0.29) is 0 Å². The van der Waals surface area contributed by atoms with Gasteiger partial charge in [0.15, 0.2) is 0 Å². The van der Waals surface area contributed by atoms with Crippen molar-refractivity contribution in [2.75, 3.05) is 6.61 Å². The van der Waals surface area contributed by atoms with Crippen LogP contribution in [0.4, 0.5) is 0 Å². The Labute approximate surface area is 115 Å². The molecule has 1 atom stereocenters. The number of hydrogen-bond donors (Lipinski definition) is 0. The first-order chi connectivity index (χ1) is 8.66. The van der Waals surface area contributed by atoms with E-state index in [2.05, 4.69) is 0 Å².